The largest absolute Gasteiger partial charge is 0.356 e. The fourth-order valence-corrected chi connectivity index (χ4v) is 5.92. The first-order chi connectivity index (χ1) is 20.6. The number of nitrogens with one attached hydrogen (secondary N) is 4. The van der Waals surface area contributed by atoms with Gasteiger partial charge in [-0.15, -0.1) is 0 Å². The van der Waals surface area contributed by atoms with E-state index >= 15 is 0 Å². The number of hydrogen-bond donors (Lipinski definition) is 4. The van der Waals surface area contributed by atoms with E-state index in [1.165, 1.54) is 0 Å². The molecular weight excluding hydrogens is 561 g/mol. The summed E-state index contributed by atoms with van der Waals surface area (Å²) in [5, 5.41) is 12.6. The van der Waals surface area contributed by atoms with Crippen LogP contribution in [-0.4, -0.2) is 34.8 Å². The van der Waals surface area contributed by atoms with Crippen molar-refractivity contribution in [3.05, 3.63) is 109 Å². The predicted molar refractivity (Wildman–Crippen MR) is 183 cm³/mol. The lowest BCUT2D eigenvalue weighted by Gasteiger charge is -2.09. The first-order valence-corrected chi connectivity index (χ1v) is 16.5. The predicted octanol–water partition coefficient (Wildman–Crippen LogP) is 8.78. The number of rotatable bonds is 17. The van der Waals surface area contributed by atoms with E-state index in [1.807, 2.05) is 133 Å². The van der Waals surface area contributed by atoms with Crippen LogP contribution in [0, 0.1) is 0 Å². The second-order valence-corrected chi connectivity index (χ2v) is 12.1. The summed E-state index contributed by atoms with van der Waals surface area (Å²) >= 11 is 3.64. The zero-order chi connectivity index (χ0) is 29.2. The second kappa shape index (κ2) is 17.8. The Morgan fingerprint density at radius 1 is 0.429 bits per heavy atom. The molecule has 4 rings (SSSR count). The van der Waals surface area contributed by atoms with Crippen LogP contribution in [0.1, 0.15) is 25.7 Å². The summed E-state index contributed by atoms with van der Waals surface area (Å²) in [5.41, 5.74) is 5.64. The summed E-state index contributed by atoms with van der Waals surface area (Å²) in [6, 6.07) is 35.5. The average Bonchev–Trinajstić information content (AvgIpc) is 3.01. The quantitative estimate of drug-likeness (QED) is 0.0910. The molecule has 4 aromatic carbocycles. The van der Waals surface area contributed by atoms with E-state index in [0.717, 1.165) is 70.0 Å². The van der Waals surface area contributed by atoms with Crippen molar-refractivity contribution in [2.75, 3.05) is 44.3 Å². The molecule has 8 heteroatoms. The SMILES string of the molecule is O=C(CCSCCCCSCCC(=O)Nc1ccc(Nc2ccccc2)cc1)Nc1ccc(Nc2ccccc2)cc1. The standard InChI is InChI=1S/C34H38N4O2S2/c39-33(37-31-17-13-29(14-18-31)35-27-9-3-1-4-10-27)21-25-41-23-7-8-24-42-26-22-34(40)38-32-19-15-30(16-20-32)36-28-11-5-2-6-12-28/h1-6,9-20,35-36H,7-8,21-26H2,(H,37,39)(H,38,40). The molecule has 0 heterocycles. The highest BCUT2D eigenvalue weighted by molar-refractivity contribution is 7.99. The number of anilines is 6. The lowest BCUT2D eigenvalue weighted by Crippen LogP contribution is -2.12. The minimum absolute atomic E-state index is 0.0416. The number of amides is 2. The van der Waals surface area contributed by atoms with Gasteiger partial charge < -0.3 is 21.3 Å². The van der Waals surface area contributed by atoms with Crippen molar-refractivity contribution in [3.63, 3.8) is 0 Å². The summed E-state index contributed by atoms with van der Waals surface area (Å²) in [5.74, 6) is 3.80. The van der Waals surface area contributed by atoms with E-state index in [-0.39, 0.29) is 11.8 Å². The minimum Gasteiger partial charge on any atom is -0.356 e. The molecule has 218 valence electrons. The molecule has 0 aliphatic carbocycles. The smallest absolute Gasteiger partial charge is 0.225 e. The number of unbranched alkanes of at least 4 members (excludes halogenated alkanes) is 1. The van der Waals surface area contributed by atoms with Crippen LogP contribution in [0.4, 0.5) is 34.1 Å². The molecule has 0 radical (unpaired) electrons. The molecule has 0 spiro atoms. The highest BCUT2D eigenvalue weighted by atomic mass is 32.2. The Balaban J connectivity index is 0.972. The number of para-hydroxylation sites is 2. The van der Waals surface area contributed by atoms with E-state index < -0.39 is 0 Å². The van der Waals surface area contributed by atoms with Crippen LogP contribution in [0.3, 0.4) is 0 Å². The topological polar surface area (TPSA) is 82.3 Å². The summed E-state index contributed by atoms with van der Waals surface area (Å²) in [6.45, 7) is 0. The number of carbonyl (C=O) groups is 2. The van der Waals surface area contributed by atoms with Crippen LogP contribution in [-0.2, 0) is 9.59 Å². The molecule has 4 N–H and O–H groups in total. The first kappa shape index (κ1) is 31.1. The van der Waals surface area contributed by atoms with Crippen molar-refractivity contribution in [1.29, 1.82) is 0 Å². The molecule has 0 aliphatic heterocycles. The average molecular weight is 599 g/mol. The first-order valence-electron chi connectivity index (χ1n) is 14.2. The molecule has 0 fully saturated rings. The van der Waals surface area contributed by atoms with Crippen LogP contribution in [0.2, 0.25) is 0 Å². The molecular formula is C34H38N4O2S2. The molecule has 42 heavy (non-hydrogen) atoms. The van der Waals surface area contributed by atoms with Gasteiger partial charge in [0.25, 0.3) is 0 Å². The molecule has 0 bridgehead atoms. The van der Waals surface area contributed by atoms with Crippen molar-refractivity contribution in [1.82, 2.24) is 0 Å². The zero-order valence-electron chi connectivity index (χ0n) is 23.7. The van der Waals surface area contributed by atoms with Crippen LogP contribution in [0.15, 0.2) is 109 Å². The van der Waals surface area contributed by atoms with Gasteiger partial charge in [-0.05, 0) is 97.1 Å². The molecule has 2 amide bonds. The highest BCUT2D eigenvalue weighted by Crippen LogP contribution is 2.20. The van der Waals surface area contributed by atoms with Gasteiger partial charge in [0.05, 0.1) is 0 Å². The van der Waals surface area contributed by atoms with Crippen LogP contribution < -0.4 is 21.3 Å². The van der Waals surface area contributed by atoms with Gasteiger partial charge in [0.1, 0.15) is 0 Å². The normalized spacial score (nSPS) is 10.6. The molecule has 0 aromatic heterocycles. The fourth-order valence-electron chi connectivity index (χ4n) is 4.04. The Labute approximate surface area is 257 Å². The lowest BCUT2D eigenvalue weighted by atomic mass is 10.2. The van der Waals surface area contributed by atoms with Crippen LogP contribution >= 0.6 is 23.5 Å². The molecule has 0 saturated heterocycles. The summed E-state index contributed by atoms with van der Waals surface area (Å²) in [7, 11) is 0. The Kier molecular flexibility index (Phi) is 13.2. The summed E-state index contributed by atoms with van der Waals surface area (Å²) < 4.78 is 0. The maximum Gasteiger partial charge on any atom is 0.225 e. The third-order valence-electron chi connectivity index (χ3n) is 6.24. The number of hydrogen-bond acceptors (Lipinski definition) is 6. The van der Waals surface area contributed by atoms with Gasteiger partial charge in [-0.1, -0.05) is 36.4 Å². The van der Waals surface area contributed by atoms with E-state index in [1.54, 1.807) is 0 Å². The second-order valence-electron chi connectivity index (χ2n) is 9.66. The summed E-state index contributed by atoms with van der Waals surface area (Å²) in [4.78, 5) is 24.5. The molecule has 0 atom stereocenters. The molecule has 0 saturated carbocycles. The maximum atomic E-state index is 12.3. The Morgan fingerprint density at radius 3 is 1.14 bits per heavy atom. The van der Waals surface area contributed by atoms with Crippen LogP contribution in [0.25, 0.3) is 0 Å². The molecule has 4 aromatic rings. The zero-order valence-corrected chi connectivity index (χ0v) is 25.3. The van der Waals surface area contributed by atoms with E-state index in [0.29, 0.717) is 12.8 Å². The third-order valence-corrected chi connectivity index (χ3v) is 8.38. The van der Waals surface area contributed by atoms with E-state index in [2.05, 4.69) is 21.3 Å². The van der Waals surface area contributed by atoms with Gasteiger partial charge in [0.2, 0.25) is 11.8 Å². The van der Waals surface area contributed by atoms with Crippen molar-refractivity contribution >= 4 is 69.5 Å². The van der Waals surface area contributed by atoms with Crippen LogP contribution in [0.5, 0.6) is 0 Å². The summed E-state index contributed by atoms with van der Waals surface area (Å²) in [6.07, 6.45) is 3.24. The molecule has 0 aliphatic rings. The van der Waals surface area contributed by atoms with Gasteiger partial charge in [-0.3, -0.25) is 9.59 Å². The van der Waals surface area contributed by atoms with Gasteiger partial charge >= 0.3 is 0 Å². The van der Waals surface area contributed by atoms with Gasteiger partial charge in [-0.25, -0.2) is 0 Å². The maximum absolute atomic E-state index is 12.3. The molecule has 0 unspecified atom stereocenters. The van der Waals surface area contributed by atoms with Gasteiger partial charge in [-0.2, -0.15) is 23.5 Å². The fraction of sp³-hybridized carbons (Fsp3) is 0.235. The Morgan fingerprint density at radius 2 is 0.762 bits per heavy atom. The van der Waals surface area contributed by atoms with E-state index in [4.69, 9.17) is 0 Å². The monoisotopic (exact) mass is 598 g/mol. The van der Waals surface area contributed by atoms with Crippen molar-refractivity contribution < 1.29 is 9.59 Å². The number of benzene rings is 4. The molecule has 6 nitrogen and oxygen atoms in total. The van der Waals surface area contributed by atoms with Crippen molar-refractivity contribution in [2.24, 2.45) is 0 Å². The van der Waals surface area contributed by atoms with E-state index in [9.17, 15) is 9.59 Å². The lowest BCUT2D eigenvalue weighted by molar-refractivity contribution is -0.116. The number of carbonyl (C=O) groups excluding carboxylic acids is 2. The third kappa shape index (κ3) is 11.9. The Hall–Kier alpha value is -3.88. The Bertz CT molecular complexity index is 1250. The van der Waals surface area contributed by atoms with Gasteiger partial charge in [0.15, 0.2) is 0 Å². The number of thioether (sulfide) groups is 2. The minimum atomic E-state index is 0.0416. The highest BCUT2D eigenvalue weighted by Gasteiger charge is 2.05. The van der Waals surface area contributed by atoms with Crippen molar-refractivity contribution in [3.8, 4) is 0 Å². The van der Waals surface area contributed by atoms with Gasteiger partial charge in [0, 0.05) is 58.5 Å². The van der Waals surface area contributed by atoms with Crippen molar-refractivity contribution in [2.45, 2.75) is 25.7 Å².